The lowest BCUT2D eigenvalue weighted by molar-refractivity contribution is -0.119. The third-order valence-electron chi connectivity index (χ3n) is 5.18. The van der Waals surface area contributed by atoms with Crippen LogP contribution in [0.25, 0.3) is 0 Å². The van der Waals surface area contributed by atoms with Crippen molar-refractivity contribution in [2.24, 2.45) is 0 Å². The van der Waals surface area contributed by atoms with Crippen molar-refractivity contribution in [1.82, 2.24) is 5.16 Å². The van der Waals surface area contributed by atoms with Gasteiger partial charge in [0.1, 0.15) is 10.7 Å². The molecule has 0 bridgehead atoms. The number of aromatic nitrogens is 1. The number of halogens is 1. The zero-order chi connectivity index (χ0) is 26.4. The third-order valence-corrected chi connectivity index (χ3v) is 7.43. The second kappa shape index (κ2) is 11.3. The summed E-state index contributed by atoms with van der Waals surface area (Å²) in [7, 11) is -4.21. The van der Waals surface area contributed by atoms with E-state index < -0.39 is 28.5 Å². The average molecular weight is 540 g/mol. The molecule has 0 aliphatic carbocycles. The van der Waals surface area contributed by atoms with Gasteiger partial charge in [-0.05, 0) is 42.8 Å². The normalized spacial score (nSPS) is 11.1. The van der Waals surface area contributed by atoms with Gasteiger partial charge < -0.3 is 14.6 Å². The van der Waals surface area contributed by atoms with Crippen LogP contribution in [0.3, 0.4) is 0 Å². The molecule has 1 heterocycles. The van der Waals surface area contributed by atoms with E-state index in [-0.39, 0.29) is 27.8 Å². The number of anilines is 2. The highest BCUT2D eigenvalue weighted by molar-refractivity contribution is 7.93. The lowest BCUT2D eigenvalue weighted by Crippen LogP contribution is -2.31. The number of rotatable bonds is 9. The highest BCUT2D eigenvalue weighted by Crippen LogP contribution is 2.31. The van der Waals surface area contributed by atoms with Crippen LogP contribution in [-0.4, -0.2) is 32.1 Å². The number of para-hydroxylation sites is 1. The van der Waals surface area contributed by atoms with E-state index in [1.54, 1.807) is 37.3 Å². The Balaban J connectivity index is 1.57. The van der Waals surface area contributed by atoms with Crippen LogP contribution in [0.15, 0.2) is 94.3 Å². The fraction of sp³-hybridized carbons (Fsp3) is 0.115. The SMILES string of the molecule is Cc1cc(NC(=O)COC(=O)c2ccc(Cl)c(S(=O)(=O)N(Cc3ccccc3)c3ccccc3)c2)no1. The van der Waals surface area contributed by atoms with Crippen LogP contribution in [0.1, 0.15) is 21.7 Å². The van der Waals surface area contributed by atoms with E-state index in [1.165, 1.54) is 22.5 Å². The minimum atomic E-state index is -4.21. The van der Waals surface area contributed by atoms with Gasteiger partial charge in [0.2, 0.25) is 0 Å². The van der Waals surface area contributed by atoms with Gasteiger partial charge in [0, 0.05) is 6.07 Å². The molecule has 0 saturated carbocycles. The Morgan fingerprint density at radius 2 is 1.68 bits per heavy atom. The van der Waals surface area contributed by atoms with Gasteiger partial charge in [-0.3, -0.25) is 9.10 Å². The largest absolute Gasteiger partial charge is 0.452 e. The highest BCUT2D eigenvalue weighted by Gasteiger charge is 2.29. The third kappa shape index (κ3) is 6.35. The molecule has 37 heavy (non-hydrogen) atoms. The second-order valence-electron chi connectivity index (χ2n) is 7.93. The van der Waals surface area contributed by atoms with Crippen molar-refractivity contribution in [2.45, 2.75) is 18.4 Å². The summed E-state index contributed by atoms with van der Waals surface area (Å²) in [5.41, 5.74) is 1.10. The van der Waals surface area contributed by atoms with Gasteiger partial charge in [-0.15, -0.1) is 0 Å². The molecule has 0 aliphatic rings. The Morgan fingerprint density at radius 1 is 1.00 bits per heavy atom. The number of esters is 1. The van der Waals surface area contributed by atoms with Crippen LogP contribution in [0.2, 0.25) is 5.02 Å². The van der Waals surface area contributed by atoms with E-state index in [2.05, 4.69) is 10.5 Å². The van der Waals surface area contributed by atoms with Crippen LogP contribution in [0.4, 0.5) is 11.5 Å². The van der Waals surface area contributed by atoms with Crippen LogP contribution < -0.4 is 9.62 Å². The number of hydrogen-bond donors (Lipinski definition) is 1. The van der Waals surface area contributed by atoms with Crippen molar-refractivity contribution in [3.05, 3.63) is 107 Å². The maximum atomic E-state index is 13.8. The Labute approximate surface area is 218 Å². The molecule has 0 aliphatic heterocycles. The first kappa shape index (κ1) is 25.9. The average Bonchev–Trinajstić information content (AvgIpc) is 3.31. The molecule has 4 rings (SSSR count). The molecule has 3 aromatic carbocycles. The first-order chi connectivity index (χ1) is 17.7. The lowest BCUT2D eigenvalue weighted by Gasteiger charge is -2.25. The predicted octanol–water partition coefficient (Wildman–Crippen LogP) is 4.83. The van der Waals surface area contributed by atoms with Crippen molar-refractivity contribution in [3.8, 4) is 0 Å². The molecule has 1 aromatic heterocycles. The summed E-state index contributed by atoms with van der Waals surface area (Å²) in [6.45, 7) is 1.09. The molecule has 11 heteroatoms. The molecule has 1 N–H and O–H groups in total. The van der Waals surface area contributed by atoms with Gasteiger partial charge in [0.05, 0.1) is 22.8 Å². The van der Waals surface area contributed by atoms with Gasteiger partial charge in [0.15, 0.2) is 12.4 Å². The van der Waals surface area contributed by atoms with E-state index in [0.29, 0.717) is 11.4 Å². The summed E-state index contributed by atoms with van der Waals surface area (Å²) in [5, 5.41) is 5.99. The summed E-state index contributed by atoms with van der Waals surface area (Å²) < 4.78 is 38.8. The molecule has 0 radical (unpaired) electrons. The minimum Gasteiger partial charge on any atom is -0.452 e. The van der Waals surface area contributed by atoms with Crippen molar-refractivity contribution >= 4 is 45.0 Å². The van der Waals surface area contributed by atoms with Gasteiger partial charge >= 0.3 is 5.97 Å². The molecule has 0 spiro atoms. The van der Waals surface area contributed by atoms with E-state index >= 15 is 0 Å². The van der Waals surface area contributed by atoms with Crippen molar-refractivity contribution in [2.75, 3.05) is 16.2 Å². The fourth-order valence-corrected chi connectivity index (χ4v) is 5.38. The number of amides is 1. The van der Waals surface area contributed by atoms with E-state index in [0.717, 1.165) is 11.6 Å². The highest BCUT2D eigenvalue weighted by atomic mass is 35.5. The van der Waals surface area contributed by atoms with Gasteiger partial charge in [-0.2, -0.15) is 0 Å². The molecule has 4 aromatic rings. The molecule has 0 unspecified atom stereocenters. The predicted molar refractivity (Wildman–Crippen MR) is 138 cm³/mol. The van der Waals surface area contributed by atoms with Gasteiger partial charge in [-0.1, -0.05) is 65.3 Å². The topological polar surface area (TPSA) is 119 Å². The second-order valence-corrected chi connectivity index (χ2v) is 10.2. The van der Waals surface area contributed by atoms with Crippen LogP contribution in [-0.2, 0) is 26.1 Å². The maximum absolute atomic E-state index is 13.8. The summed E-state index contributed by atoms with van der Waals surface area (Å²) in [4.78, 5) is 24.4. The summed E-state index contributed by atoms with van der Waals surface area (Å²) in [6.07, 6.45) is 0. The standard InChI is InChI=1S/C26H22ClN3O6S/c1-18-14-24(29-36-18)28-25(31)17-35-26(32)20-12-13-22(27)23(15-20)37(33,34)30(21-10-6-3-7-11-21)16-19-8-4-2-5-9-19/h2-15H,16-17H2,1H3,(H,28,29,31). The van der Waals surface area contributed by atoms with Crippen molar-refractivity contribution in [3.63, 3.8) is 0 Å². The number of benzene rings is 3. The number of hydrogen-bond acceptors (Lipinski definition) is 7. The number of nitrogens with one attached hydrogen (secondary N) is 1. The zero-order valence-electron chi connectivity index (χ0n) is 19.6. The number of carbonyl (C=O) groups excluding carboxylic acids is 2. The summed E-state index contributed by atoms with van der Waals surface area (Å²) in [5.74, 6) is -0.854. The number of ether oxygens (including phenoxy) is 1. The van der Waals surface area contributed by atoms with E-state index in [1.807, 2.05) is 30.3 Å². The molecule has 0 fully saturated rings. The molecule has 9 nitrogen and oxygen atoms in total. The minimum absolute atomic E-state index is 0.0415. The first-order valence-electron chi connectivity index (χ1n) is 11.1. The maximum Gasteiger partial charge on any atom is 0.338 e. The Kier molecular flexibility index (Phi) is 7.90. The smallest absolute Gasteiger partial charge is 0.338 e. The van der Waals surface area contributed by atoms with Crippen molar-refractivity contribution < 1.29 is 27.3 Å². The molecule has 1 amide bonds. The van der Waals surface area contributed by atoms with Gasteiger partial charge in [0.25, 0.3) is 15.9 Å². The first-order valence-corrected chi connectivity index (χ1v) is 12.9. The van der Waals surface area contributed by atoms with Crippen LogP contribution >= 0.6 is 11.6 Å². The fourth-order valence-electron chi connectivity index (χ4n) is 3.42. The summed E-state index contributed by atoms with van der Waals surface area (Å²) in [6, 6.07) is 22.9. The molecular weight excluding hydrogens is 518 g/mol. The molecule has 190 valence electrons. The quantitative estimate of drug-likeness (QED) is 0.303. The lowest BCUT2D eigenvalue weighted by atomic mass is 10.2. The molecule has 0 atom stereocenters. The van der Waals surface area contributed by atoms with Crippen molar-refractivity contribution in [1.29, 1.82) is 0 Å². The van der Waals surface area contributed by atoms with Gasteiger partial charge in [-0.25, -0.2) is 13.2 Å². The number of nitrogens with zero attached hydrogens (tertiary/aromatic N) is 2. The zero-order valence-corrected chi connectivity index (χ0v) is 21.2. The van der Waals surface area contributed by atoms with Crippen LogP contribution in [0.5, 0.6) is 0 Å². The van der Waals surface area contributed by atoms with E-state index in [4.69, 9.17) is 20.9 Å². The van der Waals surface area contributed by atoms with Crippen LogP contribution in [0, 0.1) is 6.92 Å². The molecular formula is C26H22ClN3O6S. The molecule has 0 saturated heterocycles. The Bertz CT molecular complexity index is 1510. The Morgan fingerprint density at radius 3 is 2.32 bits per heavy atom. The monoisotopic (exact) mass is 539 g/mol. The van der Waals surface area contributed by atoms with E-state index in [9.17, 15) is 18.0 Å². The Hall–Kier alpha value is -4.15. The number of aryl methyl sites for hydroxylation is 1. The number of sulfonamides is 1. The summed E-state index contributed by atoms with van der Waals surface area (Å²) >= 11 is 6.30. The number of carbonyl (C=O) groups is 2.